The Morgan fingerprint density at radius 1 is 1.25 bits per heavy atom. The first-order chi connectivity index (χ1) is 9.70. The van der Waals surface area contributed by atoms with Gasteiger partial charge in [0.1, 0.15) is 0 Å². The molecule has 2 N–H and O–H groups in total. The van der Waals surface area contributed by atoms with Gasteiger partial charge in [-0.2, -0.15) is 0 Å². The van der Waals surface area contributed by atoms with Crippen molar-refractivity contribution in [1.82, 2.24) is 15.5 Å². The molecule has 1 heterocycles. The summed E-state index contributed by atoms with van der Waals surface area (Å²) in [5.74, 6) is 1.62. The first kappa shape index (κ1) is 15.4. The van der Waals surface area contributed by atoms with Crippen LogP contribution in [-0.2, 0) is 0 Å². The average Bonchev–Trinajstić information content (AvgIpc) is 3.10. The van der Waals surface area contributed by atoms with Crippen molar-refractivity contribution in [3.8, 4) is 0 Å². The molecule has 0 spiro atoms. The SMILES string of the molecule is CN=C(NCC(C(C)C)N1CCCC1)NC1CC=CC1. The van der Waals surface area contributed by atoms with Crippen LogP contribution in [0.1, 0.15) is 39.5 Å². The van der Waals surface area contributed by atoms with E-state index in [1.54, 1.807) is 0 Å². The van der Waals surface area contributed by atoms with E-state index in [4.69, 9.17) is 0 Å². The molecule has 4 heteroatoms. The Morgan fingerprint density at radius 2 is 1.90 bits per heavy atom. The molecule has 2 aliphatic rings. The predicted octanol–water partition coefficient (Wildman–Crippen LogP) is 1.99. The van der Waals surface area contributed by atoms with Crippen LogP contribution in [0.3, 0.4) is 0 Å². The number of nitrogens with one attached hydrogen (secondary N) is 2. The molecule has 0 bridgehead atoms. The van der Waals surface area contributed by atoms with Crippen molar-refractivity contribution in [3.05, 3.63) is 12.2 Å². The molecule has 0 aromatic rings. The summed E-state index contributed by atoms with van der Waals surface area (Å²) in [5, 5.41) is 7.03. The number of guanidine groups is 1. The smallest absolute Gasteiger partial charge is 0.191 e. The molecule has 20 heavy (non-hydrogen) atoms. The van der Waals surface area contributed by atoms with Crippen molar-refractivity contribution in [3.63, 3.8) is 0 Å². The molecule has 0 aromatic heterocycles. The van der Waals surface area contributed by atoms with Crippen LogP contribution in [-0.4, -0.2) is 49.6 Å². The highest BCUT2D eigenvalue weighted by Gasteiger charge is 2.24. The maximum Gasteiger partial charge on any atom is 0.191 e. The molecule has 0 radical (unpaired) electrons. The molecule has 1 aliphatic carbocycles. The maximum atomic E-state index is 4.36. The topological polar surface area (TPSA) is 39.7 Å². The van der Waals surface area contributed by atoms with Crippen molar-refractivity contribution in [1.29, 1.82) is 0 Å². The van der Waals surface area contributed by atoms with E-state index >= 15 is 0 Å². The van der Waals surface area contributed by atoms with E-state index in [0.717, 1.165) is 25.3 Å². The Labute approximate surface area is 123 Å². The van der Waals surface area contributed by atoms with Crippen molar-refractivity contribution in [2.45, 2.75) is 51.6 Å². The van der Waals surface area contributed by atoms with Gasteiger partial charge in [0, 0.05) is 25.7 Å². The van der Waals surface area contributed by atoms with Crippen LogP contribution in [0.5, 0.6) is 0 Å². The lowest BCUT2D eigenvalue weighted by Crippen LogP contribution is -2.50. The third kappa shape index (κ3) is 4.23. The number of nitrogens with zero attached hydrogens (tertiary/aromatic N) is 2. The van der Waals surface area contributed by atoms with Crippen LogP contribution >= 0.6 is 0 Å². The fourth-order valence-corrected chi connectivity index (χ4v) is 3.18. The Bertz CT molecular complexity index is 334. The first-order valence-corrected chi connectivity index (χ1v) is 8.07. The summed E-state index contributed by atoms with van der Waals surface area (Å²) in [6.45, 7) is 8.13. The second-order valence-electron chi connectivity index (χ2n) is 6.29. The number of hydrogen-bond donors (Lipinski definition) is 2. The molecule has 4 nitrogen and oxygen atoms in total. The predicted molar refractivity (Wildman–Crippen MR) is 86.1 cm³/mol. The van der Waals surface area contributed by atoms with Crippen LogP contribution in [0, 0.1) is 5.92 Å². The quantitative estimate of drug-likeness (QED) is 0.459. The largest absolute Gasteiger partial charge is 0.355 e. The van der Waals surface area contributed by atoms with Crippen LogP contribution in [0.15, 0.2) is 17.1 Å². The van der Waals surface area contributed by atoms with Gasteiger partial charge in [-0.25, -0.2) is 0 Å². The third-order valence-corrected chi connectivity index (χ3v) is 4.43. The van der Waals surface area contributed by atoms with Crippen molar-refractivity contribution < 1.29 is 0 Å². The van der Waals surface area contributed by atoms with Crippen molar-refractivity contribution >= 4 is 5.96 Å². The normalized spacial score (nSPS) is 22.7. The highest BCUT2D eigenvalue weighted by atomic mass is 15.2. The molecule has 1 atom stereocenters. The molecule has 0 aromatic carbocycles. The van der Waals surface area contributed by atoms with Crippen LogP contribution in [0.25, 0.3) is 0 Å². The lowest BCUT2D eigenvalue weighted by molar-refractivity contribution is 0.192. The second-order valence-corrected chi connectivity index (χ2v) is 6.29. The minimum atomic E-state index is 0.519. The first-order valence-electron chi connectivity index (χ1n) is 8.07. The van der Waals surface area contributed by atoms with E-state index in [-0.39, 0.29) is 0 Å². The minimum absolute atomic E-state index is 0.519. The standard InChI is InChI=1S/C16H30N4/c1-13(2)15(20-10-6-7-11-20)12-18-16(17-3)19-14-8-4-5-9-14/h4-5,13-15H,6-12H2,1-3H3,(H2,17,18,19). The van der Waals surface area contributed by atoms with E-state index in [2.05, 4.69) is 46.5 Å². The summed E-state index contributed by atoms with van der Waals surface area (Å²) < 4.78 is 0. The molecular weight excluding hydrogens is 248 g/mol. The Kier molecular flexibility index (Phi) is 5.89. The minimum Gasteiger partial charge on any atom is -0.355 e. The van der Waals surface area contributed by atoms with E-state index in [0.29, 0.717) is 18.0 Å². The molecule has 2 rings (SSSR count). The Morgan fingerprint density at radius 3 is 2.45 bits per heavy atom. The zero-order valence-electron chi connectivity index (χ0n) is 13.2. The summed E-state index contributed by atoms with van der Waals surface area (Å²) >= 11 is 0. The fraction of sp³-hybridized carbons (Fsp3) is 0.812. The maximum absolute atomic E-state index is 4.36. The van der Waals surface area contributed by atoms with Gasteiger partial charge in [0.15, 0.2) is 5.96 Å². The van der Waals surface area contributed by atoms with Gasteiger partial charge in [-0.15, -0.1) is 0 Å². The molecular formula is C16H30N4. The summed E-state index contributed by atoms with van der Waals surface area (Å²) in [6.07, 6.45) is 9.41. The highest BCUT2D eigenvalue weighted by molar-refractivity contribution is 5.80. The van der Waals surface area contributed by atoms with Crippen molar-refractivity contribution in [2.75, 3.05) is 26.7 Å². The number of hydrogen-bond acceptors (Lipinski definition) is 2. The van der Waals surface area contributed by atoms with Gasteiger partial charge in [0.2, 0.25) is 0 Å². The second kappa shape index (κ2) is 7.67. The molecule has 0 amide bonds. The monoisotopic (exact) mass is 278 g/mol. The summed E-state index contributed by atoms with van der Waals surface area (Å²) in [7, 11) is 1.86. The Balaban J connectivity index is 1.80. The van der Waals surface area contributed by atoms with E-state index in [1.165, 1.54) is 25.9 Å². The average molecular weight is 278 g/mol. The molecule has 1 aliphatic heterocycles. The van der Waals surface area contributed by atoms with Crippen LogP contribution in [0.2, 0.25) is 0 Å². The van der Waals surface area contributed by atoms with Crippen LogP contribution in [0.4, 0.5) is 0 Å². The van der Waals surface area contributed by atoms with E-state index < -0.39 is 0 Å². The van der Waals surface area contributed by atoms with E-state index in [9.17, 15) is 0 Å². The summed E-state index contributed by atoms with van der Waals surface area (Å²) in [4.78, 5) is 6.98. The number of rotatable bonds is 5. The molecule has 1 saturated heterocycles. The van der Waals surface area contributed by atoms with Crippen LogP contribution < -0.4 is 10.6 Å². The lowest BCUT2D eigenvalue weighted by atomic mass is 10.0. The van der Waals surface area contributed by atoms with Gasteiger partial charge in [0.25, 0.3) is 0 Å². The lowest BCUT2D eigenvalue weighted by Gasteiger charge is -2.31. The van der Waals surface area contributed by atoms with Gasteiger partial charge in [0.05, 0.1) is 0 Å². The summed E-state index contributed by atoms with van der Waals surface area (Å²) in [6, 6.07) is 1.13. The van der Waals surface area contributed by atoms with E-state index in [1.807, 2.05) is 7.05 Å². The molecule has 1 unspecified atom stereocenters. The zero-order valence-corrected chi connectivity index (χ0v) is 13.2. The van der Waals surface area contributed by atoms with Gasteiger partial charge in [-0.1, -0.05) is 26.0 Å². The van der Waals surface area contributed by atoms with Gasteiger partial charge < -0.3 is 10.6 Å². The number of aliphatic imine (C=N–C) groups is 1. The van der Waals surface area contributed by atoms with Gasteiger partial charge in [-0.05, 0) is 44.7 Å². The molecule has 114 valence electrons. The highest BCUT2D eigenvalue weighted by Crippen LogP contribution is 2.17. The Hall–Kier alpha value is -1.03. The summed E-state index contributed by atoms with van der Waals surface area (Å²) in [5.41, 5.74) is 0. The molecule has 0 saturated carbocycles. The van der Waals surface area contributed by atoms with Gasteiger partial charge >= 0.3 is 0 Å². The third-order valence-electron chi connectivity index (χ3n) is 4.43. The van der Waals surface area contributed by atoms with Gasteiger partial charge in [-0.3, -0.25) is 9.89 Å². The molecule has 1 fully saturated rings. The fourth-order valence-electron chi connectivity index (χ4n) is 3.18. The number of likely N-dealkylation sites (tertiary alicyclic amines) is 1. The zero-order chi connectivity index (χ0) is 14.4. The van der Waals surface area contributed by atoms with Crippen molar-refractivity contribution in [2.24, 2.45) is 10.9 Å².